The van der Waals surface area contributed by atoms with Crippen LogP contribution in [0.15, 0.2) is 0 Å². The molecule has 0 N–H and O–H groups in total. The third-order valence-corrected chi connectivity index (χ3v) is 1.01. The minimum absolute atomic E-state index is 0.329. The smallest absolute Gasteiger partial charge is 0.421 e. The summed E-state index contributed by atoms with van der Waals surface area (Å²) in [7, 11) is 0. The average Bonchev–Trinajstić information content (AvgIpc) is 2.18. The van der Waals surface area contributed by atoms with E-state index in [-0.39, 0.29) is 6.09 Å². The van der Waals surface area contributed by atoms with Gasteiger partial charge in [-0.1, -0.05) is 5.92 Å². The van der Waals surface area contributed by atoms with Gasteiger partial charge in [0, 0.05) is 6.04 Å². The van der Waals surface area contributed by atoms with Gasteiger partial charge in [0.05, 0.1) is 6.54 Å². The predicted molar refractivity (Wildman–Crippen MR) is 31.5 cm³/mol. The molecule has 0 aromatic heterocycles. The van der Waals surface area contributed by atoms with E-state index in [0.717, 1.165) is 0 Å². The van der Waals surface area contributed by atoms with E-state index in [0.29, 0.717) is 13.2 Å². The van der Waals surface area contributed by atoms with Gasteiger partial charge in [0.25, 0.3) is 0 Å². The molecule has 1 rings (SSSR count). The summed E-state index contributed by atoms with van der Waals surface area (Å²) in [6.45, 7) is 2.75. The van der Waals surface area contributed by atoms with Crippen molar-refractivity contribution in [2.75, 3.05) is 13.2 Å². The Balaban J connectivity index is 2.56. The van der Waals surface area contributed by atoms with Crippen LogP contribution in [0.4, 0.5) is 4.79 Å². The standard InChI is InChI=1S/C6H7NO2/c1-2-3-7-4-5-9-6(7)8/h4-5H2,1H3. The third kappa shape index (κ3) is 1.14. The molecule has 1 aliphatic rings. The summed E-state index contributed by atoms with van der Waals surface area (Å²) in [5.41, 5.74) is 0. The molecule has 0 aliphatic carbocycles. The lowest BCUT2D eigenvalue weighted by Crippen LogP contribution is -2.17. The van der Waals surface area contributed by atoms with Crippen LogP contribution in [-0.4, -0.2) is 24.1 Å². The summed E-state index contributed by atoms with van der Waals surface area (Å²) >= 11 is 0. The molecule has 0 unspecified atom stereocenters. The van der Waals surface area contributed by atoms with Gasteiger partial charge in [-0.05, 0) is 6.92 Å². The minimum atomic E-state index is -0.329. The molecule has 9 heavy (non-hydrogen) atoms. The van der Waals surface area contributed by atoms with Crippen molar-refractivity contribution in [1.29, 1.82) is 0 Å². The van der Waals surface area contributed by atoms with E-state index >= 15 is 0 Å². The maximum absolute atomic E-state index is 10.6. The van der Waals surface area contributed by atoms with Gasteiger partial charge in [-0.25, -0.2) is 9.69 Å². The molecule has 1 fully saturated rings. The zero-order valence-electron chi connectivity index (χ0n) is 5.18. The van der Waals surface area contributed by atoms with Crippen molar-refractivity contribution in [2.24, 2.45) is 0 Å². The highest BCUT2D eigenvalue weighted by molar-refractivity contribution is 5.71. The number of carbonyl (C=O) groups excluding carboxylic acids is 1. The molecule has 0 radical (unpaired) electrons. The second-order valence-electron chi connectivity index (χ2n) is 1.63. The largest absolute Gasteiger partial charge is 0.447 e. The van der Waals surface area contributed by atoms with Crippen LogP contribution < -0.4 is 0 Å². The first-order valence-corrected chi connectivity index (χ1v) is 2.71. The quantitative estimate of drug-likeness (QED) is 0.439. The fourth-order valence-corrected chi connectivity index (χ4v) is 0.630. The number of cyclic esters (lactones) is 1. The van der Waals surface area contributed by atoms with Gasteiger partial charge in [-0.3, -0.25) is 0 Å². The zero-order valence-corrected chi connectivity index (χ0v) is 5.18. The Kier molecular flexibility index (Phi) is 1.59. The zero-order chi connectivity index (χ0) is 6.69. The fourth-order valence-electron chi connectivity index (χ4n) is 0.630. The number of hydrogen-bond donors (Lipinski definition) is 0. The van der Waals surface area contributed by atoms with Gasteiger partial charge < -0.3 is 4.74 Å². The molecule has 0 saturated carbocycles. The first kappa shape index (κ1) is 5.96. The second-order valence-corrected chi connectivity index (χ2v) is 1.63. The normalized spacial score (nSPS) is 16.6. The number of rotatable bonds is 0. The van der Waals surface area contributed by atoms with Crippen LogP contribution in [0.25, 0.3) is 0 Å². The Labute approximate surface area is 53.6 Å². The van der Waals surface area contributed by atoms with Crippen LogP contribution in [0.5, 0.6) is 0 Å². The van der Waals surface area contributed by atoms with Crippen molar-refractivity contribution >= 4 is 6.09 Å². The highest BCUT2D eigenvalue weighted by atomic mass is 16.6. The molecule has 1 amide bonds. The lowest BCUT2D eigenvalue weighted by atomic mass is 10.6. The number of carbonyl (C=O) groups is 1. The summed E-state index contributed by atoms with van der Waals surface area (Å²) in [6.07, 6.45) is -0.329. The summed E-state index contributed by atoms with van der Waals surface area (Å²) in [5, 5.41) is 0. The average molecular weight is 125 g/mol. The number of ether oxygens (including phenoxy) is 1. The summed E-state index contributed by atoms with van der Waals surface area (Å²) in [6, 6.07) is 2.60. The summed E-state index contributed by atoms with van der Waals surface area (Å²) in [4.78, 5) is 11.9. The van der Waals surface area contributed by atoms with Crippen molar-refractivity contribution < 1.29 is 9.53 Å². The van der Waals surface area contributed by atoms with E-state index in [4.69, 9.17) is 0 Å². The SMILES string of the molecule is CC#CN1CCOC1=O. The highest BCUT2D eigenvalue weighted by Gasteiger charge is 2.19. The van der Waals surface area contributed by atoms with Crippen LogP contribution in [0.3, 0.4) is 0 Å². The molecule has 3 heteroatoms. The topological polar surface area (TPSA) is 29.5 Å². The molecular formula is C6H7NO2. The first-order valence-electron chi connectivity index (χ1n) is 2.71. The number of nitrogens with zero attached hydrogens (tertiary/aromatic N) is 1. The van der Waals surface area contributed by atoms with Gasteiger partial charge in [-0.15, -0.1) is 0 Å². The Morgan fingerprint density at radius 1 is 1.78 bits per heavy atom. The van der Waals surface area contributed by atoms with E-state index in [2.05, 4.69) is 16.7 Å². The predicted octanol–water partition coefficient (Wildman–Crippen LogP) is 0.419. The van der Waals surface area contributed by atoms with E-state index < -0.39 is 0 Å². The molecule has 48 valence electrons. The lowest BCUT2D eigenvalue weighted by Gasteiger charge is -1.98. The monoisotopic (exact) mass is 125 g/mol. The molecule has 3 nitrogen and oxygen atoms in total. The summed E-state index contributed by atoms with van der Waals surface area (Å²) < 4.78 is 4.60. The van der Waals surface area contributed by atoms with Gasteiger partial charge in [-0.2, -0.15) is 0 Å². The van der Waals surface area contributed by atoms with Gasteiger partial charge in [0.1, 0.15) is 6.61 Å². The summed E-state index contributed by atoms with van der Waals surface area (Å²) in [5.74, 6) is 2.62. The lowest BCUT2D eigenvalue weighted by molar-refractivity contribution is 0.167. The van der Waals surface area contributed by atoms with Crippen LogP contribution in [0.1, 0.15) is 6.92 Å². The molecule has 0 bridgehead atoms. The van der Waals surface area contributed by atoms with Gasteiger partial charge in [0.2, 0.25) is 0 Å². The maximum Gasteiger partial charge on any atom is 0.421 e. The van der Waals surface area contributed by atoms with Crippen molar-refractivity contribution in [1.82, 2.24) is 4.90 Å². The van der Waals surface area contributed by atoms with Crippen molar-refractivity contribution in [3.63, 3.8) is 0 Å². The van der Waals surface area contributed by atoms with E-state index in [1.54, 1.807) is 6.92 Å². The molecular weight excluding hydrogens is 118 g/mol. The molecule has 1 heterocycles. The number of amides is 1. The molecule has 1 aliphatic heterocycles. The third-order valence-electron chi connectivity index (χ3n) is 1.01. The molecule has 0 aromatic rings. The van der Waals surface area contributed by atoms with Gasteiger partial charge >= 0.3 is 6.09 Å². The highest BCUT2D eigenvalue weighted by Crippen LogP contribution is 1.99. The van der Waals surface area contributed by atoms with Crippen molar-refractivity contribution in [3.05, 3.63) is 0 Å². The molecule has 0 spiro atoms. The Bertz CT molecular complexity index is 177. The van der Waals surface area contributed by atoms with Crippen LogP contribution in [0.2, 0.25) is 0 Å². The van der Waals surface area contributed by atoms with Crippen molar-refractivity contribution in [3.8, 4) is 12.0 Å². The minimum Gasteiger partial charge on any atom is -0.447 e. The fraction of sp³-hybridized carbons (Fsp3) is 0.500. The molecule has 0 aromatic carbocycles. The first-order chi connectivity index (χ1) is 4.34. The Morgan fingerprint density at radius 3 is 3.00 bits per heavy atom. The molecule has 0 atom stereocenters. The van der Waals surface area contributed by atoms with E-state index in [1.165, 1.54) is 4.90 Å². The van der Waals surface area contributed by atoms with Gasteiger partial charge in [0.15, 0.2) is 0 Å². The van der Waals surface area contributed by atoms with E-state index in [1.807, 2.05) is 0 Å². The van der Waals surface area contributed by atoms with Crippen molar-refractivity contribution in [2.45, 2.75) is 6.92 Å². The van der Waals surface area contributed by atoms with Crippen LogP contribution in [0, 0.1) is 12.0 Å². The van der Waals surface area contributed by atoms with E-state index in [9.17, 15) is 4.79 Å². The Hall–Kier alpha value is -1.17. The number of hydrogen-bond acceptors (Lipinski definition) is 2. The van der Waals surface area contributed by atoms with Crippen LogP contribution in [-0.2, 0) is 4.74 Å². The maximum atomic E-state index is 10.6. The second kappa shape index (κ2) is 2.40. The Morgan fingerprint density at radius 2 is 2.56 bits per heavy atom. The molecule has 1 saturated heterocycles. The van der Waals surface area contributed by atoms with Crippen LogP contribution >= 0.6 is 0 Å².